The second kappa shape index (κ2) is 6.53. The lowest BCUT2D eigenvalue weighted by Crippen LogP contribution is -2.44. The number of likely N-dealkylation sites (tertiary alicyclic amines) is 1. The summed E-state index contributed by atoms with van der Waals surface area (Å²) >= 11 is 0. The van der Waals surface area contributed by atoms with Crippen molar-refractivity contribution in [2.45, 2.75) is 76.7 Å². The van der Waals surface area contributed by atoms with Crippen molar-refractivity contribution in [3.8, 4) is 0 Å². The van der Waals surface area contributed by atoms with Crippen LogP contribution in [0.5, 0.6) is 0 Å². The van der Waals surface area contributed by atoms with E-state index in [1.165, 1.54) is 51.6 Å². The zero-order valence-corrected chi connectivity index (χ0v) is 13.7. The summed E-state index contributed by atoms with van der Waals surface area (Å²) in [6, 6.07) is 0.668. The van der Waals surface area contributed by atoms with E-state index in [0.29, 0.717) is 11.5 Å². The summed E-state index contributed by atoms with van der Waals surface area (Å²) in [5.74, 6) is 0. The number of rotatable bonds is 3. The molecule has 3 aliphatic rings. The average molecular weight is 296 g/mol. The lowest BCUT2D eigenvalue weighted by atomic mass is 9.67. The van der Waals surface area contributed by atoms with Crippen molar-refractivity contribution in [2.24, 2.45) is 5.41 Å². The largest absolute Gasteiger partial charge is 0.389 e. The molecule has 4 heteroatoms. The molecule has 0 aromatic rings. The van der Waals surface area contributed by atoms with Crippen LogP contribution in [0.25, 0.3) is 0 Å². The Bertz CT molecular complexity index is 332. The van der Waals surface area contributed by atoms with E-state index in [9.17, 15) is 5.11 Å². The molecule has 2 atom stereocenters. The SMILES string of the molecule is CC(C)O[C@H]1CN(C2CCC3(CCNCC3)CC2)C[C@@H]1O. The Balaban J connectivity index is 1.51. The van der Waals surface area contributed by atoms with Crippen LogP contribution >= 0.6 is 0 Å². The first-order chi connectivity index (χ1) is 10.1. The smallest absolute Gasteiger partial charge is 0.0976 e. The molecule has 1 aliphatic carbocycles. The molecule has 2 aliphatic heterocycles. The number of ether oxygens (including phenoxy) is 1. The van der Waals surface area contributed by atoms with Crippen molar-refractivity contribution < 1.29 is 9.84 Å². The van der Waals surface area contributed by atoms with Crippen LogP contribution in [0.15, 0.2) is 0 Å². The molecule has 2 saturated heterocycles. The highest BCUT2D eigenvalue weighted by Gasteiger charge is 2.41. The van der Waals surface area contributed by atoms with Crippen LogP contribution in [0.3, 0.4) is 0 Å². The first-order valence-corrected chi connectivity index (χ1v) is 8.86. The number of aliphatic hydroxyl groups is 1. The maximum absolute atomic E-state index is 10.2. The third-order valence-electron chi connectivity index (χ3n) is 5.91. The number of β-amino-alcohol motifs (C(OH)–C–C–N with tert-alkyl or cyclic N) is 1. The Kier molecular flexibility index (Phi) is 4.89. The minimum absolute atomic E-state index is 0.0137. The lowest BCUT2D eigenvalue weighted by molar-refractivity contribution is -0.0401. The Morgan fingerprint density at radius 2 is 1.76 bits per heavy atom. The molecule has 4 nitrogen and oxygen atoms in total. The lowest BCUT2D eigenvalue weighted by Gasteiger charge is -2.45. The van der Waals surface area contributed by atoms with Gasteiger partial charge in [-0.05, 0) is 70.9 Å². The van der Waals surface area contributed by atoms with E-state index in [2.05, 4.69) is 24.1 Å². The van der Waals surface area contributed by atoms with E-state index >= 15 is 0 Å². The Labute approximate surface area is 129 Å². The Morgan fingerprint density at radius 3 is 2.38 bits per heavy atom. The fourth-order valence-electron chi connectivity index (χ4n) is 4.60. The second-order valence-electron chi connectivity index (χ2n) is 7.73. The van der Waals surface area contributed by atoms with Crippen LogP contribution in [-0.2, 0) is 4.74 Å². The third-order valence-corrected chi connectivity index (χ3v) is 5.91. The van der Waals surface area contributed by atoms with Gasteiger partial charge in [0.1, 0.15) is 0 Å². The molecule has 3 rings (SSSR count). The summed E-state index contributed by atoms with van der Waals surface area (Å²) in [5.41, 5.74) is 0.633. The Hall–Kier alpha value is -0.160. The number of hydrogen-bond donors (Lipinski definition) is 2. The number of piperidine rings is 1. The van der Waals surface area contributed by atoms with Gasteiger partial charge in [-0.2, -0.15) is 0 Å². The van der Waals surface area contributed by atoms with Crippen molar-refractivity contribution in [3.63, 3.8) is 0 Å². The zero-order chi connectivity index (χ0) is 14.9. The van der Waals surface area contributed by atoms with Crippen LogP contribution in [0.2, 0.25) is 0 Å². The van der Waals surface area contributed by atoms with Gasteiger partial charge in [-0.25, -0.2) is 0 Å². The molecule has 0 unspecified atom stereocenters. The molecule has 122 valence electrons. The van der Waals surface area contributed by atoms with Gasteiger partial charge in [0.05, 0.1) is 18.3 Å². The highest BCUT2D eigenvalue weighted by molar-refractivity contribution is 4.95. The van der Waals surface area contributed by atoms with Crippen LogP contribution in [0, 0.1) is 5.41 Å². The molecule has 1 saturated carbocycles. The molecular formula is C17H32N2O2. The van der Waals surface area contributed by atoms with E-state index in [1.807, 2.05) is 0 Å². The van der Waals surface area contributed by atoms with Gasteiger partial charge < -0.3 is 15.2 Å². The van der Waals surface area contributed by atoms with Gasteiger partial charge >= 0.3 is 0 Å². The van der Waals surface area contributed by atoms with E-state index < -0.39 is 0 Å². The van der Waals surface area contributed by atoms with Gasteiger partial charge in [-0.1, -0.05) is 0 Å². The summed E-state index contributed by atoms with van der Waals surface area (Å²) in [5, 5.41) is 13.7. The standard InChI is InChI=1S/C17H32N2O2/c1-13(2)21-16-12-19(11-15(16)20)14-3-5-17(6-4-14)7-9-18-10-8-17/h13-16,18,20H,3-12H2,1-2H3/t15-,16-/m0/s1. The maximum atomic E-state index is 10.2. The van der Waals surface area contributed by atoms with Gasteiger partial charge in [0.25, 0.3) is 0 Å². The minimum atomic E-state index is -0.304. The van der Waals surface area contributed by atoms with Crippen LogP contribution < -0.4 is 5.32 Å². The predicted molar refractivity (Wildman–Crippen MR) is 84.4 cm³/mol. The van der Waals surface area contributed by atoms with E-state index in [1.54, 1.807) is 0 Å². The van der Waals surface area contributed by atoms with Gasteiger partial charge in [-0.15, -0.1) is 0 Å². The predicted octanol–water partition coefficient (Wildman–Crippen LogP) is 1.77. The highest BCUT2D eigenvalue weighted by Crippen LogP contribution is 2.44. The molecule has 0 aromatic heterocycles. The van der Waals surface area contributed by atoms with Crippen molar-refractivity contribution in [1.82, 2.24) is 10.2 Å². The van der Waals surface area contributed by atoms with Gasteiger partial charge in [0.2, 0.25) is 0 Å². The fourth-order valence-corrected chi connectivity index (χ4v) is 4.60. The molecule has 0 bridgehead atoms. The van der Waals surface area contributed by atoms with Crippen LogP contribution in [0.4, 0.5) is 0 Å². The summed E-state index contributed by atoms with van der Waals surface area (Å²) in [6.07, 6.45) is 8.00. The topological polar surface area (TPSA) is 44.7 Å². The summed E-state index contributed by atoms with van der Waals surface area (Å²) in [7, 11) is 0. The molecule has 2 heterocycles. The van der Waals surface area contributed by atoms with Gasteiger partial charge in [0.15, 0.2) is 0 Å². The number of aliphatic hydroxyl groups excluding tert-OH is 1. The van der Waals surface area contributed by atoms with Crippen LogP contribution in [-0.4, -0.2) is 60.5 Å². The maximum Gasteiger partial charge on any atom is 0.0976 e. The molecule has 0 amide bonds. The zero-order valence-electron chi connectivity index (χ0n) is 13.7. The molecule has 2 N–H and O–H groups in total. The molecule has 1 spiro atoms. The minimum Gasteiger partial charge on any atom is -0.389 e. The fraction of sp³-hybridized carbons (Fsp3) is 1.00. The second-order valence-corrected chi connectivity index (χ2v) is 7.73. The number of nitrogens with one attached hydrogen (secondary N) is 1. The third kappa shape index (κ3) is 3.61. The van der Waals surface area contributed by atoms with Crippen LogP contribution in [0.1, 0.15) is 52.4 Å². The monoisotopic (exact) mass is 296 g/mol. The first kappa shape index (κ1) is 15.7. The summed E-state index contributed by atoms with van der Waals surface area (Å²) < 4.78 is 5.85. The molecule has 21 heavy (non-hydrogen) atoms. The number of nitrogens with zero attached hydrogens (tertiary/aromatic N) is 1. The normalized spacial score (nSPS) is 34.9. The molecule has 0 radical (unpaired) electrons. The highest BCUT2D eigenvalue weighted by atomic mass is 16.5. The van der Waals surface area contributed by atoms with Crippen molar-refractivity contribution in [2.75, 3.05) is 26.2 Å². The number of hydrogen-bond acceptors (Lipinski definition) is 4. The Morgan fingerprint density at radius 1 is 1.10 bits per heavy atom. The quantitative estimate of drug-likeness (QED) is 0.833. The molecule has 3 fully saturated rings. The van der Waals surface area contributed by atoms with E-state index in [-0.39, 0.29) is 18.3 Å². The molecular weight excluding hydrogens is 264 g/mol. The van der Waals surface area contributed by atoms with E-state index in [0.717, 1.165) is 13.1 Å². The van der Waals surface area contributed by atoms with E-state index in [4.69, 9.17) is 4.74 Å². The van der Waals surface area contributed by atoms with Crippen molar-refractivity contribution in [1.29, 1.82) is 0 Å². The average Bonchev–Trinajstić information content (AvgIpc) is 2.81. The van der Waals surface area contributed by atoms with Crippen molar-refractivity contribution in [3.05, 3.63) is 0 Å². The first-order valence-electron chi connectivity index (χ1n) is 8.86. The van der Waals surface area contributed by atoms with Crippen molar-refractivity contribution >= 4 is 0 Å². The molecule has 0 aromatic carbocycles. The summed E-state index contributed by atoms with van der Waals surface area (Å²) in [6.45, 7) is 8.23. The summed E-state index contributed by atoms with van der Waals surface area (Å²) in [4.78, 5) is 2.49. The van der Waals surface area contributed by atoms with Gasteiger partial charge in [-0.3, -0.25) is 4.90 Å². The van der Waals surface area contributed by atoms with Gasteiger partial charge in [0, 0.05) is 19.1 Å².